The first-order valence-electron chi connectivity index (χ1n) is 10.3. The zero-order valence-corrected chi connectivity index (χ0v) is 17.7. The zero-order valence-electron chi connectivity index (χ0n) is 17.7. The third-order valence-corrected chi connectivity index (χ3v) is 5.56. The van der Waals surface area contributed by atoms with Gasteiger partial charge in [-0.25, -0.2) is 0 Å². The first-order valence-corrected chi connectivity index (χ1v) is 10.3. The molecule has 1 heterocycles. The van der Waals surface area contributed by atoms with Crippen molar-refractivity contribution in [3.05, 3.63) is 65.2 Å². The molecule has 1 atom stereocenters. The Morgan fingerprint density at radius 3 is 2.66 bits per heavy atom. The van der Waals surface area contributed by atoms with Crippen LogP contribution in [0.25, 0.3) is 6.08 Å². The molecule has 1 aliphatic rings. The van der Waals surface area contributed by atoms with Crippen LogP contribution < -0.4 is 10.2 Å². The maximum absolute atomic E-state index is 12.5. The summed E-state index contributed by atoms with van der Waals surface area (Å²) in [5.41, 5.74) is 4.32. The number of rotatable bonds is 5. The molecule has 1 amide bonds. The third-order valence-electron chi connectivity index (χ3n) is 5.56. The minimum absolute atomic E-state index is 0.100. The van der Waals surface area contributed by atoms with Crippen molar-refractivity contribution in [3.63, 3.8) is 0 Å². The van der Waals surface area contributed by atoms with Crippen LogP contribution in [0.4, 0.5) is 11.4 Å². The van der Waals surface area contributed by atoms with Gasteiger partial charge >= 0.3 is 0 Å². The van der Waals surface area contributed by atoms with Crippen molar-refractivity contribution in [3.8, 4) is 6.07 Å². The van der Waals surface area contributed by atoms with Gasteiger partial charge in [0.15, 0.2) is 0 Å². The van der Waals surface area contributed by atoms with Crippen molar-refractivity contribution in [2.75, 3.05) is 16.8 Å². The average Bonchev–Trinajstić information content (AvgIpc) is 2.69. The lowest BCUT2D eigenvalue weighted by atomic mass is 9.79. The summed E-state index contributed by atoms with van der Waals surface area (Å²) in [6.45, 7) is 10.1. The minimum atomic E-state index is -0.391. The molecule has 2 aromatic rings. The summed E-state index contributed by atoms with van der Waals surface area (Å²) in [6.07, 6.45) is 3.85. The fourth-order valence-corrected chi connectivity index (χ4v) is 4.28. The van der Waals surface area contributed by atoms with Crippen molar-refractivity contribution in [1.82, 2.24) is 0 Å². The topological polar surface area (TPSA) is 56.1 Å². The number of hydrogen-bond acceptors (Lipinski definition) is 3. The van der Waals surface area contributed by atoms with E-state index in [1.807, 2.05) is 30.3 Å². The SMILES string of the molecule is CCCN1c2ccc(/C=C(\C#N)C(=O)Nc3ccccc3)cc2C(C)CC1(C)C. The van der Waals surface area contributed by atoms with E-state index in [1.54, 1.807) is 18.2 Å². The number of amides is 1. The van der Waals surface area contributed by atoms with Gasteiger partial charge in [-0.1, -0.05) is 38.1 Å². The van der Waals surface area contributed by atoms with Crippen LogP contribution in [0.3, 0.4) is 0 Å². The fourth-order valence-electron chi connectivity index (χ4n) is 4.28. The Bertz CT molecular complexity index is 954. The molecule has 0 bridgehead atoms. The maximum atomic E-state index is 12.5. The molecule has 150 valence electrons. The molecule has 0 fully saturated rings. The highest BCUT2D eigenvalue weighted by Gasteiger charge is 2.35. The predicted molar refractivity (Wildman–Crippen MR) is 120 cm³/mol. The molecular weight excluding hydrogens is 358 g/mol. The second kappa shape index (κ2) is 8.53. The Hall–Kier alpha value is -3.06. The van der Waals surface area contributed by atoms with E-state index in [-0.39, 0.29) is 11.1 Å². The highest BCUT2D eigenvalue weighted by atomic mass is 16.1. The predicted octanol–water partition coefficient (Wildman–Crippen LogP) is 5.73. The van der Waals surface area contributed by atoms with E-state index in [0.717, 1.165) is 24.9 Å². The molecule has 0 aliphatic carbocycles. The lowest BCUT2D eigenvalue weighted by molar-refractivity contribution is -0.112. The lowest BCUT2D eigenvalue weighted by Gasteiger charge is -2.47. The van der Waals surface area contributed by atoms with Crippen molar-refractivity contribution in [2.24, 2.45) is 0 Å². The number of hydrogen-bond donors (Lipinski definition) is 1. The highest BCUT2D eigenvalue weighted by molar-refractivity contribution is 6.09. The number of fused-ring (bicyclic) bond motifs is 1. The molecular formula is C25H29N3O. The maximum Gasteiger partial charge on any atom is 0.266 e. The number of nitriles is 1. The van der Waals surface area contributed by atoms with Crippen LogP contribution in [0, 0.1) is 11.3 Å². The Morgan fingerprint density at radius 2 is 2.00 bits per heavy atom. The number of carbonyl (C=O) groups is 1. The summed E-state index contributed by atoms with van der Waals surface area (Å²) in [7, 11) is 0. The van der Waals surface area contributed by atoms with E-state index in [0.29, 0.717) is 11.6 Å². The molecule has 0 saturated carbocycles. The van der Waals surface area contributed by atoms with Crippen molar-refractivity contribution >= 4 is 23.4 Å². The number of anilines is 2. The number of para-hydroxylation sites is 1. The summed E-state index contributed by atoms with van der Waals surface area (Å²) >= 11 is 0. The number of nitrogens with zero attached hydrogens (tertiary/aromatic N) is 2. The first-order chi connectivity index (χ1) is 13.9. The van der Waals surface area contributed by atoms with Gasteiger partial charge in [0.1, 0.15) is 11.6 Å². The normalized spacial score (nSPS) is 18.0. The number of nitrogens with one attached hydrogen (secondary N) is 1. The van der Waals surface area contributed by atoms with Gasteiger partial charge in [0.05, 0.1) is 0 Å². The van der Waals surface area contributed by atoms with Gasteiger partial charge in [-0.2, -0.15) is 5.26 Å². The number of benzene rings is 2. The summed E-state index contributed by atoms with van der Waals surface area (Å²) in [4.78, 5) is 15.0. The molecule has 0 saturated heterocycles. The summed E-state index contributed by atoms with van der Waals surface area (Å²) in [5.74, 6) is 0.0309. The third kappa shape index (κ3) is 4.51. The van der Waals surface area contributed by atoms with Crippen molar-refractivity contribution in [1.29, 1.82) is 5.26 Å². The minimum Gasteiger partial charge on any atom is -0.366 e. The summed E-state index contributed by atoms with van der Waals surface area (Å²) < 4.78 is 0. The second-order valence-electron chi connectivity index (χ2n) is 8.38. The molecule has 0 radical (unpaired) electrons. The Labute approximate surface area is 173 Å². The van der Waals surface area contributed by atoms with Gasteiger partial charge in [-0.05, 0) is 74.1 Å². The van der Waals surface area contributed by atoms with E-state index in [4.69, 9.17) is 0 Å². The number of carbonyl (C=O) groups excluding carboxylic acids is 1. The fraction of sp³-hybridized carbons (Fsp3) is 0.360. The van der Waals surface area contributed by atoms with Crippen molar-refractivity contribution in [2.45, 2.75) is 52.0 Å². The molecule has 1 unspecified atom stereocenters. The van der Waals surface area contributed by atoms with Gasteiger partial charge in [0, 0.05) is 23.5 Å². The standard InChI is InChI=1S/C25H29N3O/c1-5-13-28-23-12-11-19(15-22(23)18(2)16-25(28,3)4)14-20(17-26)24(29)27-21-9-7-6-8-10-21/h6-12,14-15,18H,5,13,16H2,1-4H3,(H,27,29)/b20-14+. The van der Waals surface area contributed by atoms with E-state index in [2.05, 4.69) is 50.0 Å². The van der Waals surface area contributed by atoms with E-state index >= 15 is 0 Å². The van der Waals surface area contributed by atoms with Gasteiger partial charge in [-0.15, -0.1) is 0 Å². The van der Waals surface area contributed by atoms with E-state index in [9.17, 15) is 10.1 Å². The summed E-state index contributed by atoms with van der Waals surface area (Å²) in [5, 5.41) is 12.3. The van der Waals surface area contributed by atoms with Crippen LogP contribution in [0.15, 0.2) is 54.1 Å². The van der Waals surface area contributed by atoms with Crippen molar-refractivity contribution < 1.29 is 4.79 Å². The second-order valence-corrected chi connectivity index (χ2v) is 8.38. The first kappa shape index (κ1) is 20.7. The zero-order chi connectivity index (χ0) is 21.0. The lowest BCUT2D eigenvalue weighted by Crippen LogP contribution is -2.48. The Balaban J connectivity index is 1.91. The van der Waals surface area contributed by atoms with Gasteiger partial charge in [-0.3, -0.25) is 4.79 Å². The molecule has 4 heteroatoms. The summed E-state index contributed by atoms with van der Waals surface area (Å²) in [6, 6.07) is 17.5. The van der Waals surface area contributed by atoms with Crippen LogP contribution in [0.1, 0.15) is 57.6 Å². The molecule has 2 aromatic carbocycles. The quantitative estimate of drug-likeness (QED) is 0.526. The van der Waals surface area contributed by atoms with Crippen LogP contribution >= 0.6 is 0 Å². The van der Waals surface area contributed by atoms with Gasteiger partial charge in [0.2, 0.25) is 0 Å². The van der Waals surface area contributed by atoms with Gasteiger partial charge in [0.25, 0.3) is 5.91 Å². The van der Waals surface area contributed by atoms with E-state index in [1.165, 1.54) is 11.3 Å². The molecule has 4 nitrogen and oxygen atoms in total. The van der Waals surface area contributed by atoms with E-state index < -0.39 is 5.91 Å². The molecule has 29 heavy (non-hydrogen) atoms. The average molecular weight is 388 g/mol. The molecule has 0 aromatic heterocycles. The molecule has 1 aliphatic heterocycles. The molecule has 0 spiro atoms. The molecule has 3 rings (SSSR count). The van der Waals surface area contributed by atoms with Crippen LogP contribution in [0.2, 0.25) is 0 Å². The van der Waals surface area contributed by atoms with Gasteiger partial charge < -0.3 is 10.2 Å². The highest BCUT2D eigenvalue weighted by Crippen LogP contribution is 2.43. The molecule has 1 N–H and O–H groups in total. The smallest absolute Gasteiger partial charge is 0.266 e. The van der Waals surface area contributed by atoms with Crippen LogP contribution in [0.5, 0.6) is 0 Å². The Morgan fingerprint density at radius 1 is 1.28 bits per heavy atom. The van der Waals surface area contributed by atoms with Crippen LogP contribution in [-0.4, -0.2) is 18.0 Å². The monoisotopic (exact) mass is 387 g/mol. The largest absolute Gasteiger partial charge is 0.366 e. The van der Waals surface area contributed by atoms with Crippen LogP contribution in [-0.2, 0) is 4.79 Å². The Kier molecular flexibility index (Phi) is 6.08.